The summed E-state index contributed by atoms with van der Waals surface area (Å²) in [6.45, 7) is 0. The Balaban J connectivity index is 2.39. The van der Waals surface area contributed by atoms with Gasteiger partial charge in [-0.05, 0) is 36.1 Å². The third-order valence-electron chi connectivity index (χ3n) is 2.82. The van der Waals surface area contributed by atoms with E-state index in [9.17, 15) is 9.90 Å². The maximum atomic E-state index is 10.7. The number of aliphatic carboxylic acids is 1. The lowest BCUT2D eigenvalue weighted by atomic mass is 9.92. The zero-order valence-corrected chi connectivity index (χ0v) is 9.62. The van der Waals surface area contributed by atoms with E-state index in [1.807, 2.05) is 12.1 Å². The van der Waals surface area contributed by atoms with Gasteiger partial charge in [-0.3, -0.25) is 4.79 Å². The van der Waals surface area contributed by atoms with Gasteiger partial charge in [0.25, 0.3) is 0 Å². The fourth-order valence-electron chi connectivity index (χ4n) is 2.13. The third kappa shape index (κ3) is 1.92. The highest BCUT2D eigenvalue weighted by atomic mass is 79.9. The van der Waals surface area contributed by atoms with E-state index in [0.717, 1.165) is 22.0 Å². The number of aryl methyl sites for hydroxylation is 1. The number of aliphatic hydroxyl groups is 1. The SMILES string of the molecule is O=C(O)CC1(O)CCc2cc(Br)ccc21. The summed E-state index contributed by atoms with van der Waals surface area (Å²) in [6, 6.07) is 5.57. The van der Waals surface area contributed by atoms with Crippen LogP contribution in [-0.2, 0) is 16.8 Å². The van der Waals surface area contributed by atoms with Crippen molar-refractivity contribution in [3.63, 3.8) is 0 Å². The summed E-state index contributed by atoms with van der Waals surface area (Å²) in [6.07, 6.45) is 1.01. The van der Waals surface area contributed by atoms with E-state index in [0.29, 0.717) is 6.42 Å². The van der Waals surface area contributed by atoms with Crippen LogP contribution in [-0.4, -0.2) is 16.2 Å². The molecule has 0 heterocycles. The number of hydrogen-bond acceptors (Lipinski definition) is 2. The fraction of sp³-hybridized carbons (Fsp3) is 0.364. The molecule has 15 heavy (non-hydrogen) atoms. The second-order valence-corrected chi connectivity index (χ2v) is 4.82. The van der Waals surface area contributed by atoms with Crippen molar-refractivity contribution in [3.8, 4) is 0 Å². The lowest BCUT2D eigenvalue weighted by Gasteiger charge is -2.21. The maximum absolute atomic E-state index is 10.7. The lowest BCUT2D eigenvalue weighted by molar-refractivity contribution is -0.142. The second-order valence-electron chi connectivity index (χ2n) is 3.90. The summed E-state index contributed by atoms with van der Waals surface area (Å²) in [7, 11) is 0. The second kappa shape index (κ2) is 3.61. The summed E-state index contributed by atoms with van der Waals surface area (Å²) in [5.41, 5.74) is 0.614. The van der Waals surface area contributed by atoms with Gasteiger partial charge in [-0.1, -0.05) is 22.0 Å². The minimum atomic E-state index is -1.18. The first-order valence-corrected chi connectivity index (χ1v) is 5.54. The monoisotopic (exact) mass is 270 g/mol. The molecule has 80 valence electrons. The van der Waals surface area contributed by atoms with Gasteiger partial charge in [-0.15, -0.1) is 0 Å². The summed E-state index contributed by atoms with van der Waals surface area (Å²) in [5, 5.41) is 19.0. The smallest absolute Gasteiger partial charge is 0.306 e. The molecule has 0 aromatic heterocycles. The maximum Gasteiger partial charge on any atom is 0.306 e. The Kier molecular flexibility index (Phi) is 2.56. The van der Waals surface area contributed by atoms with Gasteiger partial charge in [-0.2, -0.15) is 0 Å². The number of carboxylic acids is 1. The van der Waals surface area contributed by atoms with Gasteiger partial charge in [0.15, 0.2) is 0 Å². The molecule has 1 aromatic carbocycles. The van der Waals surface area contributed by atoms with E-state index in [1.165, 1.54) is 0 Å². The van der Waals surface area contributed by atoms with E-state index >= 15 is 0 Å². The van der Waals surface area contributed by atoms with Crippen molar-refractivity contribution in [2.45, 2.75) is 24.9 Å². The Morgan fingerprint density at radius 1 is 1.53 bits per heavy atom. The average molecular weight is 271 g/mol. The molecule has 0 aliphatic heterocycles. The molecule has 1 aliphatic carbocycles. The van der Waals surface area contributed by atoms with Crippen LogP contribution in [0.25, 0.3) is 0 Å². The Morgan fingerprint density at radius 2 is 2.27 bits per heavy atom. The van der Waals surface area contributed by atoms with Gasteiger partial charge in [0.2, 0.25) is 0 Å². The Labute approximate surface area is 95.9 Å². The zero-order valence-electron chi connectivity index (χ0n) is 8.03. The molecule has 0 amide bonds. The molecule has 0 saturated carbocycles. The largest absolute Gasteiger partial charge is 0.481 e. The highest BCUT2D eigenvalue weighted by Gasteiger charge is 2.38. The van der Waals surface area contributed by atoms with E-state index in [-0.39, 0.29) is 6.42 Å². The number of rotatable bonds is 2. The van der Waals surface area contributed by atoms with E-state index in [4.69, 9.17) is 5.11 Å². The van der Waals surface area contributed by atoms with Gasteiger partial charge in [0.05, 0.1) is 6.42 Å². The first-order valence-electron chi connectivity index (χ1n) is 4.74. The molecule has 0 radical (unpaired) electrons. The summed E-state index contributed by atoms with van der Waals surface area (Å²) in [5.74, 6) is -0.965. The first-order chi connectivity index (χ1) is 7.01. The summed E-state index contributed by atoms with van der Waals surface area (Å²) >= 11 is 3.36. The third-order valence-corrected chi connectivity index (χ3v) is 3.31. The molecular weight excluding hydrogens is 260 g/mol. The van der Waals surface area contributed by atoms with Crippen molar-refractivity contribution in [1.82, 2.24) is 0 Å². The standard InChI is InChI=1S/C11H11BrO3/c12-8-1-2-9-7(5-8)3-4-11(9,15)6-10(13)14/h1-2,5,15H,3-4,6H2,(H,13,14). The highest BCUT2D eigenvalue weighted by Crippen LogP contribution is 2.40. The molecule has 0 fully saturated rings. The molecule has 1 aliphatic rings. The van der Waals surface area contributed by atoms with Crippen LogP contribution >= 0.6 is 15.9 Å². The van der Waals surface area contributed by atoms with Gasteiger partial charge >= 0.3 is 5.97 Å². The molecule has 4 heteroatoms. The molecule has 2 N–H and O–H groups in total. The summed E-state index contributed by atoms with van der Waals surface area (Å²) in [4.78, 5) is 10.7. The number of fused-ring (bicyclic) bond motifs is 1. The minimum Gasteiger partial charge on any atom is -0.481 e. The molecule has 2 rings (SSSR count). The molecule has 3 nitrogen and oxygen atoms in total. The highest BCUT2D eigenvalue weighted by molar-refractivity contribution is 9.10. The molecule has 1 aromatic rings. The number of carbonyl (C=O) groups is 1. The van der Waals surface area contributed by atoms with E-state index in [1.54, 1.807) is 6.07 Å². The molecule has 0 bridgehead atoms. The van der Waals surface area contributed by atoms with Crippen LogP contribution in [0.4, 0.5) is 0 Å². The van der Waals surface area contributed by atoms with Crippen molar-refractivity contribution in [3.05, 3.63) is 33.8 Å². The molecule has 0 saturated heterocycles. The van der Waals surface area contributed by atoms with Crippen LogP contribution in [0.3, 0.4) is 0 Å². The lowest BCUT2D eigenvalue weighted by Crippen LogP contribution is -2.25. The predicted molar refractivity (Wildman–Crippen MR) is 58.6 cm³/mol. The van der Waals surface area contributed by atoms with Gasteiger partial charge in [0, 0.05) is 4.47 Å². The molecule has 0 spiro atoms. The fourth-order valence-corrected chi connectivity index (χ4v) is 2.54. The van der Waals surface area contributed by atoms with Gasteiger partial charge < -0.3 is 10.2 Å². The van der Waals surface area contributed by atoms with Crippen molar-refractivity contribution in [2.24, 2.45) is 0 Å². The number of benzene rings is 1. The van der Waals surface area contributed by atoms with Crippen molar-refractivity contribution < 1.29 is 15.0 Å². The van der Waals surface area contributed by atoms with Crippen LogP contribution < -0.4 is 0 Å². The Bertz CT molecular complexity index is 416. The number of hydrogen-bond donors (Lipinski definition) is 2. The average Bonchev–Trinajstić information content (AvgIpc) is 2.42. The quantitative estimate of drug-likeness (QED) is 0.865. The topological polar surface area (TPSA) is 57.5 Å². The van der Waals surface area contributed by atoms with E-state index < -0.39 is 11.6 Å². The molecule has 1 unspecified atom stereocenters. The summed E-state index contributed by atoms with van der Waals surface area (Å²) < 4.78 is 0.959. The molecule has 1 atom stereocenters. The number of carboxylic acid groups (broad SMARTS) is 1. The van der Waals surface area contributed by atoms with Crippen LogP contribution in [0.1, 0.15) is 24.0 Å². The first kappa shape index (κ1) is 10.6. The van der Waals surface area contributed by atoms with Crippen molar-refractivity contribution >= 4 is 21.9 Å². The molecular formula is C11H11BrO3. The normalized spacial score (nSPS) is 23.9. The number of halogens is 1. The van der Waals surface area contributed by atoms with Crippen molar-refractivity contribution in [1.29, 1.82) is 0 Å². The zero-order chi connectivity index (χ0) is 11.1. The van der Waals surface area contributed by atoms with Crippen LogP contribution in [0.15, 0.2) is 22.7 Å². The Hall–Kier alpha value is -0.870. The Morgan fingerprint density at radius 3 is 2.93 bits per heavy atom. The minimum absolute atomic E-state index is 0.221. The predicted octanol–water partition coefficient (Wildman–Crippen LogP) is 2.06. The van der Waals surface area contributed by atoms with Gasteiger partial charge in [0.1, 0.15) is 5.60 Å². The van der Waals surface area contributed by atoms with Crippen molar-refractivity contribution in [2.75, 3.05) is 0 Å². The van der Waals surface area contributed by atoms with Crippen LogP contribution in [0.5, 0.6) is 0 Å². The van der Waals surface area contributed by atoms with Crippen LogP contribution in [0.2, 0.25) is 0 Å². The van der Waals surface area contributed by atoms with E-state index in [2.05, 4.69) is 15.9 Å². The van der Waals surface area contributed by atoms with Crippen LogP contribution in [0, 0.1) is 0 Å². The van der Waals surface area contributed by atoms with Gasteiger partial charge in [-0.25, -0.2) is 0 Å².